The summed E-state index contributed by atoms with van der Waals surface area (Å²) in [4.78, 5) is 6.42. The summed E-state index contributed by atoms with van der Waals surface area (Å²) in [5.41, 5.74) is 15.4. The largest absolute Gasteiger partial charge is 0.383 e. The summed E-state index contributed by atoms with van der Waals surface area (Å²) in [5, 5.41) is 7.47. The van der Waals surface area contributed by atoms with Gasteiger partial charge in [0.25, 0.3) is 0 Å². The molecule has 0 radical (unpaired) electrons. The van der Waals surface area contributed by atoms with Gasteiger partial charge in [0.1, 0.15) is 12.1 Å². The van der Waals surface area contributed by atoms with Crippen LogP contribution in [0.15, 0.2) is 104 Å². The van der Waals surface area contributed by atoms with Gasteiger partial charge in [-0.2, -0.15) is 5.10 Å². The molecule has 38 heavy (non-hydrogen) atoms. The minimum atomic E-state index is -0.721. The zero-order chi connectivity index (χ0) is 27.3. The molecular formula is C30H38FN7. The molecule has 1 saturated heterocycles. The number of nitrogens with two attached hydrogens (primary N) is 2. The maximum Gasteiger partial charge on any atom is 0.155 e. The van der Waals surface area contributed by atoms with Gasteiger partial charge >= 0.3 is 0 Å². The standard InChI is InChI=1S/C14H20N2.C9H9N3.C7H9FN2/c1-12(14-9-6-10-16(14)2)15-11-13-7-4-3-5-8-13;1-2-3-8-4-5-9-10-7-11-12(9)6-8;8-6-4-2-1-3-5(6)7(9)10/h3-5,7-8,14-15H,1,6,9-11H2,2H3;2,4-7H,1,3H2;1-4,7H,9-10H2. The van der Waals surface area contributed by atoms with Crippen LogP contribution in [0, 0.1) is 5.82 Å². The Hall–Kier alpha value is -3.85. The first kappa shape index (κ1) is 28.7. The Balaban J connectivity index is 0.000000163. The molecule has 1 fully saturated rings. The molecule has 0 aliphatic carbocycles. The molecule has 2 aromatic carbocycles. The molecule has 0 amide bonds. The molecule has 5 N–H and O–H groups in total. The molecule has 5 rings (SSSR count). The zero-order valence-electron chi connectivity index (χ0n) is 22.0. The van der Waals surface area contributed by atoms with Crippen LogP contribution < -0.4 is 16.8 Å². The Morgan fingerprint density at radius 2 is 1.84 bits per heavy atom. The summed E-state index contributed by atoms with van der Waals surface area (Å²) >= 11 is 0. The zero-order valence-corrected chi connectivity index (χ0v) is 22.0. The fourth-order valence-corrected chi connectivity index (χ4v) is 4.17. The fraction of sp³-hybridized carbons (Fsp3) is 0.267. The fourth-order valence-electron chi connectivity index (χ4n) is 4.17. The number of aromatic nitrogens is 3. The molecule has 200 valence electrons. The maximum absolute atomic E-state index is 12.7. The highest BCUT2D eigenvalue weighted by atomic mass is 19.1. The molecule has 0 bridgehead atoms. The number of likely N-dealkylation sites (tertiary alicyclic amines) is 1. The van der Waals surface area contributed by atoms with Crippen molar-refractivity contribution in [1.82, 2.24) is 24.8 Å². The summed E-state index contributed by atoms with van der Waals surface area (Å²) in [6, 6.07) is 21.2. The normalized spacial score (nSPS) is 14.8. The van der Waals surface area contributed by atoms with E-state index in [2.05, 4.69) is 64.8 Å². The number of nitrogens with one attached hydrogen (secondary N) is 1. The van der Waals surface area contributed by atoms with Crippen LogP contribution in [-0.2, 0) is 13.0 Å². The Kier molecular flexibility index (Phi) is 11.2. The van der Waals surface area contributed by atoms with Crippen LogP contribution in [0.1, 0.15) is 35.7 Å². The lowest BCUT2D eigenvalue weighted by Crippen LogP contribution is -2.32. The molecule has 1 atom stereocenters. The van der Waals surface area contributed by atoms with Crippen molar-refractivity contribution in [1.29, 1.82) is 0 Å². The van der Waals surface area contributed by atoms with Crippen LogP contribution in [0.25, 0.3) is 5.65 Å². The van der Waals surface area contributed by atoms with E-state index < -0.39 is 6.17 Å². The highest BCUT2D eigenvalue weighted by molar-refractivity contribution is 5.37. The predicted molar refractivity (Wildman–Crippen MR) is 152 cm³/mol. The molecule has 4 aromatic rings. The first-order valence-corrected chi connectivity index (χ1v) is 12.7. The first-order chi connectivity index (χ1) is 18.4. The van der Waals surface area contributed by atoms with E-state index in [1.54, 1.807) is 29.0 Å². The minimum Gasteiger partial charge on any atom is -0.383 e. The molecular weight excluding hydrogens is 477 g/mol. The molecule has 7 nitrogen and oxygen atoms in total. The maximum atomic E-state index is 12.7. The number of allylic oxidation sites excluding steroid dienone is 1. The smallest absolute Gasteiger partial charge is 0.155 e. The van der Waals surface area contributed by atoms with Crippen LogP contribution in [0.5, 0.6) is 0 Å². The van der Waals surface area contributed by atoms with Crippen molar-refractivity contribution >= 4 is 5.65 Å². The van der Waals surface area contributed by atoms with Crippen LogP contribution in [0.3, 0.4) is 0 Å². The average molecular weight is 516 g/mol. The van der Waals surface area contributed by atoms with Gasteiger partial charge in [0.05, 0.1) is 6.17 Å². The first-order valence-electron chi connectivity index (χ1n) is 12.7. The third-order valence-electron chi connectivity index (χ3n) is 6.26. The predicted octanol–water partition coefficient (Wildman–Crippen LogP) is 4.58. The number of hydrogen-bond donors (Lipinski definition) is 3. The van der Waals surface area contributed by atoms with Crippen LogP contribution >= 0.6 is 0 Å². The van der Waals surface area contributed by atoms with Crippen LogP contribution in [0.2, 0.25) is 0 Å². The Labute approximate surface area is 224 Å². The number of rotatable bonds is 7. The van der Waals surface area contributed by atoms with Gasteiger partial charge in [-0.25, -0.2) is 13.9 Å². The number of nitrogens with zero attached hydrogens (tertiary/aromatic N) is 4. The molecule has 2 aromatic heterocycles. The highest BCUT2D eigenvalue weighted by Gasteiger charge is 2.22. The molecule has 1 aliphatic heterocycles. The Morgan fingerprint density at radius 1 is 1.11 bits per heavy atom. The third kappa shape index (κ3) is 8.62. The van der Waals surface area contributed by atoms with Crippen LogP contribution in [0.4, 0.5) is 4.39 Å². The van der Waals surface area contributed by atoms with Crippen molar-refractivity contribution in [3.05, 3.63) is 127 Å². The van der Waals surface area contributed by atoms with Gasteiger partial charge in [0.2, 0.25) is 0 Å². The van der Waals surface area contributed by atoms with E-state index in [1.165, 1.54) is 36.6 Å². The lowest BCUT2D eigenvalue weighted by atomic mass is 10.1. The molecule has 0 spiro atoms. The molecule has 3 heterocycles. The summed E-state index contributed by atoms with van der Waals surface area (Å²) < 4.78 is 14.4. The number of benzene rings is 2. The molecule has 8 heteroatoms. The van der Waals surface area contributed by atoms with E-state index >= 15 is 0 Å². The SMILES string of the molecule is C=C(NCc1ccccc1)C1CCCN1C.C=CCc1ccc2ncnn2c1.NC(N)c1ccccc1F. The van der Waals surface area contributed by atoms with Gasteiger partial charge in [0, 0.05) is 30.0 Å². The quantitative estimate of drug-likeness (QED) is 0.246. The number of hydrogen-bond acceptors (Lipinski definition) is 6. The van der Waals surface area contributed by atoms with Gasteiger partial charge in [-0.1, -0.05) is 67.3 Å². The van der Waals surface area contributed by atoms with Crippen molar-refractivity contribution in [2.45, 2.75) is 38.0 Å². The average Bonchev–Trinajstić information content (AvgIpc) is 3.57. The lowest BCUT2D eigenvalue weighted by Gasteiger charge is -2.22. The Bertz CT molecular complexity index is 1290. The molecule has 1 unspecified atom stereocenters. The van der Waals surface area contributed by atoms with E-state index in [1.807, 2.05) is 30.5 Å². The van der Waals surface area contributed by atoms with Crippen LogP contribution in [-0.4, -0.2) is 39.1 Å². The van der Waals surface area contributed by atoms with Crippen molar-refractivity contribution in [2.75, 3.05) is 13.6 Å². The van der Waals surface area contributed by atoms with Crippen molar-refractivity contribution in [3.8, 4) is 0 Å². The monoisotopic (exact) mass is 515 g/mol. The highest BCUT2D eigenvalue weighted by Crippen LogP contribution is 2.19. The number of fused-ring (bicyclic) bond motifs is 1. The molecule has 0 saturated carbocycles. The second kappa shape index (κ2) is 14.8. The number of halogens is 1. The van der Waals surface area contributed by atoms with Gasteiger partial charge < -0.3 is 16.8 Å². The van der Waals surface area contributed by atoms with E-state index in [9.17, 15) is 4.39 Å². The number of likely N-dealkylation sites (N-methyl/N-ethyl adjacent to an activating group) is 1. The summed E-state index contributed by atoms with van der Waals surface area (Å²) in [7, 11) is 2.17. The molecule has 1 aliphatic rings. The summed E-state index contributed by atoms with van der Waals surface area (Å²) in [5.74, 6) is -0.350. The van der Waals surface area contributed by atoms with E-state index in [-0.39, 0.29) is 5.82 Å². The van der Waals surface area contributed by atoms with E-state index in [0.29, 0.717) is 11.6 Å². The van der Waals surface area contributed by atoms with Crippen molar-refractivity contribution < 1.29 is 4.39 Å². The van der Waals surface area contributed by atoms with Gasteiger partial charge in [-0.05, 0) is 56.1 Å². The number of pyridine rings is 1. The summed E-state index contributed by atoms with van der Waals surface area (Å²) in [6.45, 7) is 9.90. The second-order valence-electron chi connectivity index (χ2n) is 9.14. The van der Waals surface area contributed by atoms with Crippen molar-refractivity contribution in [3.63, 3.8) is 0 Å². The van der Waals surface area contributed by atoms with Gasteiger partial charge in [0.15, 0.2) is 5.65 Å². The van der Waals surface area contributed by atoms with E-state index in [4.69, 9.17) is 11.5 Å². The van der Waals surface area contributed by atoms with E-state index in [0.717, 1.165) is 24.3 Å². The summed E-state index contributed by atoms with van der Waals surface area (Å²) in [6.07, 6.45) is 8.05. The van der Waals surface area contributed by atoms with Gasteiger partial charge in [-0.15, -0.1) is 6.58 Å². The van der Waals surface area contributed by atoms with Gasteiger partial charge in [-0.3, -0.25) is 4.90 Å². The van der Waals surface area contributed by atoms with Crippen molar-refractivity contribution in [2.24, 2.45) is 11.5 Å². The topological polar surface area (TPSA) is 97.5 Å². The Morgan fingerprint density at radius 3 is 2.47 bits per heavy atom. The minimum absolute atomic E-state index is 0.350. The second-order valence-corrected chi connectivity index (χ2v) is 9.14. The third-order valence-corrected chi connectivity index (χ3v) is 6.26. The lowest BCUT2D eigenvalue weighted by molar-refractivity contribution is 0.334.